The summed E-state index contributed by atoms with van der Waals surface area (Å²) in [5.74, 6) is 6.45. The highest BCUT2D eigenvalue weighted by Gasteiger charge is 2.12. The molecule has 1 N–H and O–H groups in total. The van der Waals surface area contributed by atoms with Crippen LogP contribution in [-0.2, 0) is 0 Å². The van der Waals surface area contributed by atoms with Gasteiger partial charge in [0, 0.05) is 11.6 Å². The summed E-state index contributed by atoms with van der Waals surface area (Å²) in [5.41, 5.74) is -0.188. The molecule has 0 aliphatic carbocycles. The molecule has 0 saturated carbocycles. The molecule has 0 aliphatic heterocycles. The molecule has 0 fully saturated rings. The molecular formula is C18H17FO2. The van der Waals surface area contributed by atoms with E-state index in [0.29, 0.717) is 17.9 Å². The van der Waals surface area contributed by atoms with Gasteiger partial charge in [0.05, 0.1) is 0 Å². The molecule has 21 heavy (non-hydrogen) atoms. The van der Waals surface area contributed by atoms with Crippen LogP contribution in [0.5, 0.6) is 11.5 Å². The summed E-state index contributed by atoms with van der Waals surface area (Å²) in [6, 6.07) is 13.1. The monoisotopic (exact) mass is 284 g/mol. The molecule has 0 bridgehead atoms. The Morgan fingerprint density at radius 1 is 1.14 bits per heavy atom. The lowest BCUT2D eigenvalue weighted by Crippen LogP contribution is -2.19. The third-order valence-corrected chi connectivity index (χ3v) is 3.05. The zero-order valence-corrected chi connectivity index (χ0v) is 12.1. The Balaban J connectivity index is 2.09. The van der Waals surface area contributed by atoms with E-state index in [2.05, 4.69) is 11.8 Å². The van der Waals surface area contributed by atoms with E-state index in [1.54, 1.807) is 43.3 Å². The first-order chi connectivity index (χ1) is 9.98. The zero-order chi connectivity index (χ0) is 15.3. The standard InChI is InChI=1S/C18H17FO2/c1-3-18(2,20)12-11-14-7-9-16(10-8-14)21-17-6-4-5-15(19)13-17/h4-10,13,20H,3H2,1-2H3. The second-order valence-electron chi connectivity index (χ2n) is 4.96. The largest absolute Gasteiger partial charge is 0.457 e. The van der Waals surface area contributed by atoms with Crippen LogP contribution in [0.1, 0.15) is 25.8 Å². The topological polar surface area (TPSA) is 29.5 Å². The zero-order valence-electron chi connectivity index (χ0n) is 12.1. The van der Waals surface area contributed by atoms with Crippen LogP contribution < -0.4 is 4.74 Å². The summed E-state index contributed by atoms with van der Waals surface area (Å²) in [6.07, 6.45) is 0.570. The minimum atomic E-state index is -0.975. The van der Waals surface area contributed by atoms with E-state index in [1.165, 1.54) is 12.1 Å². The van der Waals surface area contributed by atoms with Crippen molar-refractivity contribution in [3.05, 3.63) is 59.9 Å². The summed E-state index contributed by atoms with van der Waals surface area (Å²) in [7, 11) is 0. The van der Waals surface area contributed by atoms with Gasteiger partial charge < -0.3 is 9.84 Å². The van der Waals surface area contributed by atoms with Crippen molar-refractivity contribution in [3.8, 4) is 23.3 Å². The van der Waals surface area contributed by atoms with E-state index in [1.807, 2.05) is 6.92 Å². The maximum Gasteiger partial charge on any atom is 0.130 e. The highest BCUT2D eigenvalue weighted by atomic mass is 19.1. The van der Waals surface area contributed by atoms with Gasteiger partial charge in [0.2, 0.25) is 0 Å². The van der Waals surface area contributed by atoms with Gasteiger partial charge in [-0.1, -0.05) is 24.8 Å². The van der Waals surface area contributed by atoms with Gasteiger partial charge in [0.1, 0.15) is 22.9 Å². The van der Waals surface area contributed by atoms with Crippen molar-refractivity contribution in [3.63, 3.8) is 0 Å². The molecule has 0 aromatic heterocycles. The third-order valence-electron chi connectivity index (χ3n) is 3.05. The molecule has 2 aromatic carbocycles. The summed E-state index contributed by atoms with van der Waals surface area (Å²) in [5, 5.41) is 9.83. The van der Waals surface area contributed by atoms with Crippen LogP contribution in [-0.4, -0.2) is 10.7 Å². The number of benzene rings is 2. The average Bonchev–Trinajstić information content (AvgIpc) is 2.47. The van der Waals surface area contributed by atoms with Gasteiger partial charge >= 0.3 is 0 Å². The van der Waals surface area contributed by atoms with Crippen molar-refractivity contribution in [2.45, 2.75) is 25.9 Å². The van der Waals surface area contributed by atoms with E-state index in [-0.39, 0.29) is 5.82 Å². The van der Waals surface area contributed by atoms with Crippen LogP contribution in [0.25, 0.3) is 0 Å². The fourth-order valence-corrected chi connectivity index (χ4v) is 1.57. The Morgan fingerprint density at radius 3 is 2.48 bits per heavy atom. The van der Waals surface area contributed by atoms with E-state index in [9.17, 15) is 9.50 Å². The van der Waals surface area contributed by atoms with Crippen molar-refractivity contribution >= 4 is 0 Å². The Morgan fingerprint density at radius 2 is 1.86 bits per heavy atom. The molecule has 0 saturated heterocycles. The number of hydrogen-bond donors (Lipinski definition) is 1. The number of ether oxygens (including phenoxy) is 1. The van der Waals surface area contributed by atoms with Crippen LogP contribution in [0.4, 0.5) is 4.39 Å². The van der Waals surface area contributed by atoms with E-state index in [4.69, 9.17) is 4.74 Å². The lowest BCUT2D eigenvalue weighted by molar-refractivity contribution is 0.118. The molecule has 108 valence electrons. The molecule has 0 radical (unpaired) electrons. The average molecular weight is 284 g/mol. The molecule has 1 atom stereocenters. The molecule has 0 heterocycles. The third kappa shape index (κ3) is 4.62. The molecule has 2 rings (SSSR count). The summed E-state index contributed by atoms with van der Waals surface area (Å²) in [4.78, 5) is 0. The first kappa shape index (κ1) is 15.1. The normalized spacial score (nSPS) is 13.0. The number of aliphatic hydroxyl groups is 1. The van der Waals surface area contributed by atoms with Crippen molar-refractivity contribution < 1.29 is 14.2 Å². The predicted molar refractivity (Wildman–Crippen MR) is 80.7 cm³/mol. The smallest absolute Gasteiger partial charge is 0.130 e. The summed E-state index contributed by atoms with van der Waals surface area (Å²) >= 11 is 0. The quantitative estimate of drug-likeness (QED) is 0.859. The highest BCUT2D eigenvalue weighted by Crippen LogP contribution is 2.22. The van der Waals surface area contributed by atoms with Crippen molar-refractivity contribution in [1.29, 1.82) is 0 Å². The SMILES string of the molecule is CCC(C)(O)C#Cc1ccc(Oc2cccc(F)c2)cc1. The Kier molecular flexibility index (Phi) is 4.62. The molecule has 2 aromatic rings. The molecular weight excluding hydrogens is 267 g/mol. The predicted octanol–water partition coefficient (Wildman–Crippen LogP) is 4.13. The second kappa shape index (κ2) is 6.43. The van der Waals surface area contributed by atoms with Gasteiger partial charge in [-0.3, -0.25) is 0 Å². The Hall–Kier alpha value is -2.31. The van der Waals surface area contributed by atoms with Crippen molar-refractivity contribution in [2.75, 3.05) is 0 Å². The van der Waals surface area contributed by atoms with E-state index >= 15 is 0 Å². The van der Waals surface area contributed by atoms with Gasteiger partial charge in [0.25, 0.3) is 0 Å². The van der Waals surface area contributed by atoms with Gasteiger partial charge in [0.15, 0.2) is 0 Å². The van der Waals surface area contributed by atoms with Crippen LogP contribution in [0, 0.1) is 17.7 Å². The molecule has 1 unspecified atom stereocenters. The first-order valence-corrected chi connectivity index (χ1v) is 6.77. The van der Waals surface area contributed by atoms with Gasteiger partial charge in [-0.25, -0.2) is 4.39 Å². The molecule has 3 heteroatoms. The van der Waals surface area contributed by atoms with Crippen LogP contribution >= 0.6 is 0 Å². The number of rotatable bonds is 3. The minimum absolute atomic E-state index is 0.336. The molecule has 0 aliphatic rings. The first-order valence-electron chi connectivity index (χ1n) is 6.77. The van der Waals surface area contributed by atoms with Gasteiger partial charge in [-0.2, -0.15) is 0 Å². The Bertz CT molecular complexity index is 664. The lowest BCUT2D eigenvalue weighted by Gasteiger charge is -2.11. The van der Waals surface area contributed by atoms with Gasteiger partial charge in [-0.15, -0.1) is 0 Å². The molecule has 0 amide bonds. The maximum atomic E-state index is 13.1. The maximum absolute atomic E-state index is 13.1. The van der Waals surface area contributed by atoms with Gasteiger partial charge in [-0.05, 0) is 49.7 Å². The number of hydrogen-bond acceptors (Lipinski definition) is 2. The summed E-state index contributed by atoms with van der Waals surface area (Å²) < 4.78 is 18.6. The van der Waals surface area contributed by atoms with Crippen molar-refractivity contribution in [2.24, 2.45) is 0 Å². The molecule has 0 spiro atoms. The second-order valence-corrected chi connectivity index (χ2v) is 4.96. The lowest BCUT2D eigenvalue weighted by atomic mass is 10.0. The van der Waals surface area contributed by atoms with Crippen molar-refractivity contribution in [1.82, 2.24) is 0 Å². The van der Waals surface area contributed by atoms with E-state index in [0.717, 1.165) is 5.56 Å². The highest BCUT2D eigenvalue weighted by molar-refractivity contribution is 5.41. The minimum Gasteiger partial charge on any atom is -0.457 e. The fraction of sp³-hybridized carbons (Fsp3) is 0.222. The molecule has 2 nitrogen and oxygen atoms in total. The number of halogens is 1. The Labute approximate surface area is 124 Å². The van der Waals surface area contributed by atoms with Crippen LogP contribution in [0.2, 0.25) is 0 Å². The fourth-order valence-electron chi connectivity index (χ4n) is 1.57. The summed E-state index contributed by atoms with van der Waals surface area (Å²) in [6.45, 7) is 3.56. The van der Waals surface area contributed by atoms with Crippen LogP contribution in [0.15, 0.2) is 48.5 Å². The van der Waals surface area contributed by atoms with E-state index < -0.39 is 5.60 Å². The van der Waals surface area contributed by atoms with Crippen LogP contribution in [0.3, 0.4) is 0 Å².